The number of aliphatic hydroxyl groups excluding tert-OH is 1. The molecule has 0 radical (unpaired) electrons. The van der Waals surface area contributed by atoms with Crippen LogP contribution in [0.3, 0.4) is 0 Å². The molecule has 0 aromatic heterocycles. The summed E-state index contributed by atoms with van der Waals surface area (Å²) in [7, 11) is -9.19. The topological polar surface area (TPSA) is 123 Å². The summed E-state index contributed by atoms with van der Waals surface area (Å²) in [5, 5.41) is 8.65. The summed E-state index contributed by atoms with van der Waals surface area (Å²) < 4.78 is 34.3. The van der Waals surface area contributed by atoms with Crippen LogP contribution in [-0.2, 0) is 22.5 Å². The molecule has 1 aliphatic heterocycles. The molecule has 88 valence electrons. The Hall–Kier alpha value is -0.0400. The first-order chi connectivity index (χ1) is 6.74. The fourth-order valence-electron chi connectivity index (χ4n) is 0.797. The molecule has 1 heterocycles. The van der Waals surface area contributed by atoms with E-state index in [-0.39, 0.29) is 6.61 Å². The van der Waals surface area contributed by atoms with Crippen molar-refractivity contribution in [3.63, 3.8) is 0 Å². The molecule has 0 aliphatic carbocycles. The fourth-order valence-corrected chi connectivity index (χ4v) is 2.95. The Labute approximate surface area is 85.3 Å². The summed E-state index contributed by atoms with van der Waals surface area (Å²) in [6.07, 6.45) is -0.411. The zero-order valence-corrected chi connectivity index (χ0v) is 9.43. The highest BCUT2D eigenvalue weighted by Crippen LogP contribution is 2.65. The van der Waals surface area contributed by atoms with Gasteiger partial charge in [0.05, 0.1) is 6.61 Å². The Balaban J connectivity index is 2.85. The maximum Gasteiger partial charge on any atom is 0.483 e. The molecular formula is C5H10O8P2. The summed E-state index contributed by atoms with van der Waals surface area (Å²) in [4.78, 5) is 17.7. The van der Waals surface area contributed by atoms with Gasteiger partial charge in [0.15, 0.2) is 6.29 Å². The van der Waals surface area contributed by atoms with Gasteiger partial charge in [-0.3, -0.25) is 9.05 Å². The molecule has 1 aliphatic rings. The van der Waals surface area contributed by atoms with Crippen molar-refractivity contribution < 1.29 is 37.4 Å². The molecule has 1 saturated heterocycles. The van der Waals surface area contributed by atoms with E-state index < -0.39 is 21.9 Å². The molecule has 0 amide bonds. The molecule has 3 N–H and O–H groups in total. The van der Waals surface area contributed by atoms with Crippen molar-refractivity contribution in [1.82, 2.24) is 0 Å². The van der Waals surface area contributed by atoms with Crippen LogP contribution in [0.2, 0.25) is 0 Å². The van der Waals surface area contributed by atoms with Crippen molar-refractivity contribution in [3.05, 3.63) is 11.6 Å². The summed E-state index contributed by atoms with van der Waals surface area (Å²) in [6.45, 7) is 1.14. The molecule has 0 saturated carbocycles. The molecule has 2 unspecified atom stereocenters. The molecule has 10 heteroatoms. The second-order valence-electron chi connectivity index (χ2n) is 2.77. The number of hydrogen-bond acceptors (Lipinski definition) is 6. The Bertz CT molecular complexity index is 338. The molecule has 1 fully saturated rings. The molecule has 1 rings (SSSR count). The van der Waals surface area contributed by atoms with Crippen LogP contribution in [0.4, 0.5) is 0 Å². The first-order valence-corrected chi connectivity index (χ1v) is 6.75. The molecule has 15 heavy (non-hydrogen) atoms. The van der Waals surface area contributed by atoms with Crippen LogP contribution in [0, 0.1) is 0 Å². The van der Waals surface area contributed by atoms with Crippen molar-refractivity contribution in [3.8, 4) is 0 Å². The van der Waals surface area contributed by atoms with Gasteiger partial charge in [-0.2, -0.15) is 4.31 Å². The van der Waals surface area contributed by atoms with Gasteiger partial charge in [0.1, 0.15) is 0 Å². The average molecular weight is 260 g/mol. The molecule has 2 atom stereocenters. The average Bonchev–Trinajstić information content (AvgIpc) is 1.97. The Kier molecular flexibility index (Phi) is 3.86. The largest absolute Gasteiger partial charge is 0.483 e. The summed E-state index contributed by atoms with van der Waals surface area (Å²) in [6, 6.07) is 0. The molecule has 0 aromatic carbocycles. The third-order valence-electron chi connectivity index (χ3n) is 1.35. The highest BCUT2D eigenvalue weighted by molar-refractivity contribution is 7.61. The molecule has 0 spiro atoms. The molecule has 0 bridgehead atoms. The number of hydrogen-bond donors (Lipinski definition) is 3. The first kappa shape index (κ1) is 13.0. The SMILES string of the molecule is CC(=CC1OP(=O)(O)OP(=O)(O)O1)CO. The summed E-state index contributed by atoms with van der Waals surface area (Å²) in [5.74, 6) is 0. The Morgan fingerprint density at radius 3 is 2.20 bits per heavy atom. The van der Waals surface area contributed by atoms with Crippen molar-refractivity contribution in [2.45, 2.75) is 13.2 Å². The van der Waals surface area contributed by atoms with Crippen LogP contribution in [0.25, 0.3) is 0 Å². The van der Waals surface area contributed by atoms with E-state index >= 15 is 0 Å². The molecule has 0 aromatic rings. The van der Waals surface area contributed by atoms with Crippen LogP contribution in [0.1, 0.15) is 6.92 Å². The van der Waals surface area contributed by atoms with Crippen LogP contribution in [0.5, 0.6) is 0 Å². The number of rotatable bonds is 2. The van der Waals surface area contributed by atoms with Crippen molar-refractivity contribution in [1.29, 1.82) is 0 Å². The van der Waals surface area contributed by atoms with Crippen molar-refractivity contribution >= 4 is 15.6 Å². The second-order valence-corrected chi connectivity index (χ2v) is 5.72. The monoisotopic (exact) mass is 260 g/mol. The lowest BCUT2D eigenvalue weighted by atomic mass is 10.3. The third-order valence-corrected chi connectivity index (χ3v) is 3.95. The van der Waals surface area contributed by atoms with Gasteiger partial charge in [-0.1, -0.05) is 0 Å². The van der Waals surface area contributed by atoms with Crippen LogP contribution in [0.15, 0.2) is 11.6 Å². The summed E-state index contributed by atoms with van der Waals surface area (Å²) >= 11 is 0. The number of aliphatic hydroxyl groups is 1. The van der Waals surface area contributed by atoms with Crippen molar-refractivity contribution in [2.24, 2.45) is 0 Å². The van der Waals surface area contributed by atoms with E-state index in [2.05, 4.69) is 13.4 Å². The minimum absolute atomic E-state index is 0.338. The normalized spacial score (nSPS) is 42.9. The first-order valence-electron chi connectivity index (χ1n) is 3.76. The predicted molar refractivity (Wildman–Crippen MR) is 47.5 cm³/mol. The van der Waals surface area contributed by atoms with Crippen molar-refractivity contribution in [2.75, 3.05) is 6.61 Å². The minimum atomic E-state index is -4.60. The minimum Gasteiger partial charge on any atom is -0.392 e. The van der Waals surface area contributed by atoms with Gasteiger partial charge in [-0.15, -0.1) is 0 Å². The smallest absolute Gasteiger partial charge is 0.392 e. The second kappa shape index (κ2) is 4.45. The molecular weight excluding hydrogens is 250 g/mol. The van der Waals surface area contributed by atoms with Crippen LogP contribution in [-0.4, -0.2) is 27.8 Å². The maximum atomic E-state index is 10.9. The van der Waals surface area contributed by atoms with Crippen LogP contribution >= 0.6 is 15.6 Å². The Morgan fingerprint density at radius 2 is 1.80 bits per heavy atom. The fraction of sp³-hybridized carbons (Fsp3) is 0.600. The van der Waals surface area contributed by atoms with Gasteiger partial charge in [0, 0.05) is 0 Å². The quantitative estimate of drug-likeness (QED) is 0.485. The van der Waals surface area contributed by atoms with E-state index in [1.54, 1.807) is 0 Å². The lowest BCUT2D eigenvalue weighted by molar-refractivity contribution is -0.0282. The highest BCUT2D eigenvalue weighted by atomic mass is 31.3. The van der Waals surface area contributed by atoms with Crippen LogP contribution < -0.4 is 0 Å². The molecule has 8 nitrogen and oxygen atoms in total. The summed E-state index contributed by atoms with van der Waals surface area (Å²) in [5.41, 5.74) is 0.349. The standard InChI is InChI=1S/C5H10O8P2/c1-4(3-6)2-5-11-14(7,8)13-15(9,10)12-5/h2,5-6H,3H2,1H3,(H,7,8)(H,9,10). The number of phosphoric ester groups is 2. The lowest BCUT2D eigenvalue weighted by Crippen LogP contribution is -2.18. The van der Waals surface area contributed by atoms with Gasteiger partial charge in [-0.25, -0.2) is 9.13 Å². The Morgan fingerprint density at radius 1 is 1.33 bits per heavy atom. The van der Waals surface area contributed by atoms with E-state index in [0.29, 0.717) is 5.57 Å². The van der Waals surface area contributed by atoms with E-state index in [1.165, 1.54) is 6.92 Å². The predicted octanol–water partition coefficient (Wildman–Crippen LogP) is 0.515. The zero-order valence-electron chi connectivity index (χ0n) is 7.64. The number of phosphoric acid groups is 2. The van der Waals surface area contributed by atoms with Gasteiger partial charge >= 0.3 is 15.6 Å². The van der Waals surface area contributed by atoms with Gasteiger partial charge in [0.25, 0.3) is 0 Å². The van der Waals surface area contributed by atoms with Gasteiger partial charge in [0.2, 0.25) is 0 Å². The highest BCUT2D eigenvalue weighted by Gasteiger charge is 2.44. The van der Waals surface area contributed by atoms with E-state index in [9.17, 15) is 9.13 Å². The van der Waals surface area contributed by atoms with E-state index in [0.717, 1.165) is 6.08 Å². The van der Waals surface area contributed by atoms with Gasteiger partial charge < -0.3 is 14.9 Å². The van der Waals surface area contributed by atoms with Gasteiger partial charge in [-0.05, 0) is 18.6 Å². The maximum absolute atomic E-state index is 10.9. The van der Waals surface area contributed by atoms with E-state index in [1.807, 2.05) is 0 Å². The van der Waals surface area contributed by atoms with E-state index in [4.69, 9.17) is 14.9 Å². The third kappa shape index (κ3) is 4.14. The lowest BCUT2D eigenvalue weighted by Gasteiger charge is -2.26. The zero-order chi connectivity index (χ0) is 11.7.